The minimum Gasteiger partial charge on any atom is -0.458 e. The maximum atomic E-state index is 15.1. The van der Waals surface area contributed by atoms with Crippen LogP contribution in [0.1, 0.15) is 71.3 Å². The largest absolute Gasteiger partial charge is 0.458 e. The van der Waals surface area contributed by atoms with Gasteiger partial charge in [0.25, 0.3) is 5.56 Å². The molecule has 1 aliphatic carbocycles. The second-order valence-corrected chi connectivity index (χ2v) is 11.6. The highest BCUT2D eigenvalue weighted by atomic mass is 19.1. The van der Waals surface area contributed by atoms with Crippen molar-refractivity contribution >= 4 is 22.8 Å². The topological polar surface area (TPSA) is 161 Å². The van der Waals surface area contributed by atoms with Gasteiger partial charge in [-0.15, -0.1) is 5.10 Å². The summed E-state index contributed by atoms with van der Waals surface area (Å²) < 4.78 is 23.4. The Hall–Kier alpha value is -4.49. The lowest BCUT2D eigenvalue weighted by Gasteiger charge is -2.31. The van der Waals surface area contributed by atoms with Gasteiger partial charge in [0, 0.05) is 29.0 Å². The molecule has 2 atom stereocenters. The number of hydrogen-bond acceptors (Lipinski definition) is 9. The van der Waals surface area contributed by atoms with Crippen LogP contribution in [0.25, 0.3) is 22.3 Å². The third kappa shape index (κ3) is 4.09. The first-order valence-electron chi connectivity index (χ1n) is 14.8. The van der Waals surface area contributed by atoms with Gasteiger partial charge >= 0.3 is 5.97 Å². The van der Waals surface area contributed by atoms with Crippen molar-refractivity contribution in [1.82, 2.24) is 29.9 Å². The number of aliphatic hydroxyl groups is 2. The van der Waals surface area contributed by atoms with Crippen LogP contribution >= 0.6 is 0 Å². The number of aliphatic hydroxyl groups excluding tert-OH is 1. The van der Waals surface area contributed by atoms with Gasteiger partial charge in [-0.2, -0.15) is 0 Å². The molecule has 0 radical (unpaired) electrons. The van der Waals surface area contributed by atoms with Gasteiger partial charge in [0.2, 0.25) is 5.91 Å². The number of aromatic nitrogens is 5. The van der Waals surface area contributed by atoms with E-state index in [1.54, 1.807) is 35.4 Å². The Labute approximate surface area is 250 Å². The Kier molecular flexibility index (Phi) is 6.63. The molecule has 4 aromatic rings. The van der Waals surface area contributed by atoms with E-state index in [4.69, 9.17) is 9.72 Å². The van der Waals surface area contributed by atoms with Gasteiger partial charge in [-0.3, -0.25) is 9.59 Å². The first-order chi connectivity index (χ1) is 21.2. The molecule has 2 aliphatic heterocycles. The molecule has 3 N–H and O–H groups in total. The van der Waals surface area contributed by atoms with Crippen molar-refractivity contribution in [2.24, 2.45) is 0 Å². The van der Waals surface area contributed by atoms with Crippen LogP contribution < -0.4 is 10.9 Å². The van der Waals surface area contributed by atoms with E-state index in [1.807, 2.05) is 0 Å². The second-order valence-electron chi connectivity index (χ2n) is 11.6. The molecule has 228 valence electrons. The number of benzene rings is 1. The van der Waals surface area contributed by atoms with E-state index in [2.05, 4.69) is 15.6 Å². The highest BCUT2D eigenvalue weighted by molar-refractivity contribution is 5.94. The summed E-state index contributed by atoms with van der Waals surface area (Å²) in [4.78, 5) is 44.5. The summed E-state index contributed by atoms with van der Waals surface area (Å²) in [5, 5.41) is 32.3. The number of carbonyl (C=O) groups excluding carboxylic acids is 2. The van der Waals surface area contributed by atoms with Crippen molar-refractivity contribution in [2.45, 2.75) is 77.3 Å². The second kappa shape index (κ2) is 10.3. The highest BCUT2D eigenvalue weighted by Crippen LogP contribution is 2.46. The van der Waals surface area contributed by atoms with Gasteiger partial charge in [-0.1, -0.05) is 12.1 Å². The maximum Gasteiger partial charge on any atom is 0.343 e. The van der Waals surface area contributed by atoms with Crippen molar-refractivity contribution in [3.63, 3.8) is 0 Å². The molecule has 0 bridgehead atoms. The Morgan fingerprint density at radius 1 is 1.25 bits per heavy atom. The monoisotopic (exact) mass is 602 g/mol. The summed E-state index contributed by atoms with van der Waals surface area (Å²) in [6.07, 6.45) is 3.20. The van der Waals surface area contributed by atoms with Crippen molar-refractivity contribution in [3.05, 3.63) is 73.6 Å². The van der Waals surface area contributed by atoms with Gasteiger partial charge < -0.3 is 24.8 Å². The van der Waals surface area contributed by atoms with E-state index < -0.39 is 23.2 Å². The number of fused-ring (bicyclic) bond motifs is 5. The van der Waals surface area contributed by atoms with Crippen LogP contribution in [0.3, 0.4) is 0 Å². The molecule has 0 unspecified atom stereocenters. The molecule has 1 amide bonds. The number of carbonyl (C=O) groups is 2. The molecule has 0 saturated heterocycles. The molecule has 44 heavy (non-hydrogen) atoms. The van der Waals surface area contributed by atoms with Crippen LogP contribution in [-0.4, -0.2) is 53.2 Å². The number of nitrogens with zero attached hydrogens (tertiary/aromatic N) is 5. The lowest BCUT2D eigenvalue weighted by Crippen LogP contribution is -2.44. The average molecular weight is 603 g/mol. The van der Waals surface area contributed by atoms with E-state index in [0.29, 0.717) is 41.7 Å². The molecular weight excluding hydrogens is 571 g/mol. The minimum atomic E-state index is -1.97. The third-order valence-electron chi connectivity index (χ3n) is 9.33. The summed E-state index contributed by atoms with van der Waals surface area (Å²) in [6.45, 7) is 3.49. The van der Waals surface area contributed by atoms with E-state index in [0.717, 1.165) is 27.8 Å². The Bertz CT molecular complexity index is 1950. The Morgan fingerprint density at radius 2 is 2.07 bits per heavy atom. The third-order valence-corrected chi connectivity index (χ3v) is 9.33. The lowest BCUT2D eigenvalue weighted by atomic mass is 9.81. The number of pyridine rings is 2. The molecule has 3 aromatic heterocycles. The molecule has 7 rings (SSSR count). The van der Waals surface area contributed by atoms with E-state index >= 15 is 4.39 Å². The molecule has 5 heterocycles. The Balaban J connectivity index is 1.33. The number of cyclic esters (lactones) is 1. The van der Waals surface area contributed by atoms with Crippen molar-refractivity contribution in [3.8, 4) is 11.4 Å². The number of halogens is 1. The SMILES string of the molecule is CC[C@@]1(O)C(=O)OCc2c1cc1n(c2=O)Cc2c-1nc1cc(F)c(C)c3c1c2[C@@H](NC(=O)CCc1cnnn1CCO)CC3. The number of aryl methyl sites for hydroxylation is 2. The van der Waals surface area contributed by atoms with Crippen LogP contribution in [0, 0.1) is 12.7 Å². The molecule has 3 aliphatic rings. The van der Waals surface area contributed by atoms with Gasteiger partial charge in [0.05, 0.1) is 60.1 Å². The van der Waals surface area contributed by atoms with Gasteiger partial charge in [-0.05, 0) is 55.4 Å². The highest BCUT2D eigenvalue weighted by Gasteiger charge is 2.46. The van der Waals surface area contributed by atoms with Crippen LogP contribution in [0.4, 0.5) is 4.39 Å². The Morgan fingerprint density at radius 3 is 2.84 bits per heavy atom. The first-order valence-corrected chi connectivity index (χ1v) is 14.8. The average Bonchev–Trinajstić information content (AvgIpc) is 3.62. The summed E-state index contributed by atoms with van der Waals surface area (Å²) >= 11 is 0. The lowest BCUT2D eigenvalue weighted by molar-refractivity contribution is -0.172. The smallest absolute Gasteiger partial charge is 0.343 e. The standard InChI is InChI=1S/C31H31FN6O6/c1-3-31(43)20-10-24-28-18(13-37(24)29(41)19(20)14-44-30(31)42)27-22(6-5-17-15(2)21(32)11-23(35-28)26(17)27)34-25(40)7-4-16-12-33-36-38(16)8-9-39/h10-12,22,39,43H,3-9,13-14H2,1-2H3,(H,34,40)/t22-,31-/m0/s1. The van der Waals surface area contributed by atoms with E-state index in [-0.39, 0.29) is 62.0 Å². The van der Waals surface area contributed by atoms with Crippen LogP contribution in [-0.2, 0) is 52.5 Å². The summed E-state index contributed by atoms with van der Waals surface area (Å²) in [6, 6.07) is 2.59. The fourth-order valence-electron chi connectivity index (χ4n) is 6.96. The fraction of sp³-hybridized carbons (Fsp3) is 0.419. The molecular formula is C31H31FN6O6. The predicted molar refractivity (Wildman–Crippen MR) is 154 cm³/mol. The predicted octanol–water partition coefficient (Wildman–Crippen LogP) is 1.85. The number of ether oxygens (including phenoxy) is 1. The molecule has 0 spiro atoms. The van der Waals surface area contributed by atoms with Gasteiger partial charge in [0.1, 0.15) is 12.4 Å². The molecule has 12 nitrogen and oxygen atoms in total. The maximum absolute atomic E-state index is 15.1. The van der Waals surface area contributed by atoms with Crippen molar-refractivity contribution in [2.75, 3.05) is 6.61 Å². The van der Waals surface area contributed by atoms with Crippen LogP contribution in [0.15, 0.2) is 23.1 Å². The zero-order chi connectivity index (χ0) is 30.9. The van der Waals surface area contributed by atoms with Crippen LogP contribution in [0.5, 0.6) is 0 Å². The van der Waals surface area contributed by atoms with Gasteiger partial charge in [0.15, 0.2) is 5.60 Å². The molecule has 0 saturated carbocycles. The normalized spacial score (nSPS) is 19.8. The first kappa shape index (κ1) is 28.3. The van der Waals surface area contributed by atoms with Crippen LogP contribution in [0.2, 0.25) is 0 Å². The minimum absolute atomic E-state index is 0.0176. The zero-order valence-corrected chi connectivity index (χ0v) is 24.3. The number of esters is 1. The summed E-state index contributed by atoms with van der Waals surface area (Å²) in [5.41, 5.74) is 2.99. The fourth-order valence-corrected chi connectivity index (χ4v) is 6.96. The number of amides is 1. The van der Waals surface area contributed by atoms with Crippen molar-refractivity contribution in [1.29, 1.82) is 0 Å². The van der Waals surface area contributed by atoms with E-state index in [1.165, 1.54) is 6.07 Å². The number of rotatable bonds is 7. The summed E-state index contributed by atoms with van der Waals surface area (Å²) in [5.74, 6) is -1.39. The number of hydrogen-bond donors (Lipinski definition) is 3. The van der Waals surface area contributed by atoms with Gasteiger partial charge in [-0.25, -0.2) is 18.9 Å². The molecule has 1 aromatic carbocycles. The molecule has 0 fully saturated rings. The zero-order valence-electron chi connectivity index (χ0n) is 24.3. The van der Waals surface area contributed by atoms with E-state index in [9.17, 15) is 24.6 Å². The van der Waals surface area contributed by atoms with Crippen molar-refractivity contribution < 1.29 is 28.9 Å². The quantitative estimate of drug-likeness (QED) is 0.236. The number of nitrogens with one attached hydrogen (secondary N) is 1. The summed E-state index contributed by atoms with van der Waals surface area (Å²) in [7, 11) is 0. The molecule has 13 heteroatoms.